The fourth-order valence-electron chi connectivity index (χ4n) is 1.80. The largest absolute Gasteiger partial charge is 0.491 e. The molecule has 6 nitrogen and oxygen atoms in total. The zero-order valence-corrected chi connectivity index (χ0v) is 12.3. The van der Waals surface area contributed by atoms with Gasteiger partial charge in [-0.25, -0.2) is 4.79 Å². The van der Waals surface area contributed by atoms with Crippen LogP contribution in [-0.2, 0) is 6.54 Å². The number of ether oxygens (including phenoxy) is 1. The Hall–Kier alpha value is -2.76. The Morgan fingerprint density at radius 2 is 1.77 bits per heavy atom. The van der Waals surface area contributed by atoms with E-state index in [9.17, 15) is 9.59 Å². The highest BCUT2D eigenvalue weighted by Gasteiger charge is 2.14. The lowest BCUT2D eigenvalue weighted by molar-refractivity contribution is 0.0659. The topological polar surface area (TPSA) is 88.8 Å². The van der Waals surface area contributed by atoms with Crippen LogP contribution in [0.2, 0.25) is 0 Å². The van der Waals surface area contributed by atoms with Crippen molar-refractivity contribution < 1.29 is 23.8 Å². The average Bonchev–Trinajstić information content (AvgIpc) is 2.96. The van der Waals surface area contributed by atoms with Crippen LogP contribution in [0.1, 0.15) is 40.5 Å². The van der Waals surface area contributed by atoms with E-state index in [2.05, 4.69) is 5.32 Å². The number of carbonyl (C=O) groups is 2. The van der Waals surface area contributed by atoms with Gasteiger partial charge in [0.15, 0.2) is 5.76 Å². The van der Waals surface area contributed by atoms with Gasteiger partial charge in [-0.15, -0.1) is 0 Å². The van der Waals surface area contributed by atoms with Crippen molar-refractivity contribution >= 4 is 11.9 Å². The van der Waals surface area contributed by atoms with Crippen molar-refractivity contribution in [2.45, 2.75) is 26.5 Å². The van der Waals surface area contributed by atoms with Crippen molar-refractivity contribution in [1.82, 2.24) is 5.32 Å². The Bertz CT molecular complexity index is 657. The molecule has 1 aromatic heterocycles. The summed E-state index contributed by atoms with van der Waals surface area (Å²) in [5, 5.41) is 11.4. The first kappa shape index (κ1) is 15.6. The summed E-state index contributed by atoms with van der Waals surface area (Å²) in [6, 6.07) is 9.94. The Labute approximate surface area is 127 Å². The first-order valence-corrected chi connectivity index (χ1v) is 6.82. The number of benzene rings is 1. The van der Waals surface area contributed by atoms with Crippen LogP contribution in [0.4, 0.5) is 0 Å². The summed E-state index contributed by atoms with van der Waals surface area (Å²) in [6.07, 6.45) is 0.105. The number of rotatable bonds is 6. The van der Waals surface area contributed by atoms with Gasteiger partial charge >= 0.3 is 5.97 Å². The van der Waals surface area contributed by atoms with Gasteiger partial charge in [0.05, 0.1) is 6.10 Å². The quantitative estimate of drug-likeness (QED) is 0.856. The van der Waals surface area contributed by atoms with Gasteiger partial charge in [0.2, 0.25) is 5.76 Å². The lowest BCUT2D eigenvalue weighted by Crippen LogP contribution is -2.22. The first-order valence-electron chi connectivity index (χ1n) is 6.82. The third-order valence-corrected chi connectivity index (χ3v) is 2.79. The van der Waals surface area contributed by atoms with Crippen LogP contribution in [0.3, 0.4) is 0 Å². The molecule has 0 bridgehead atoms. The van der Waals surface area contributed by atoms with Crippen molar-refractivity contribution in [1.29, 1.82) is 0 Å². The van der Waals surface area contributed by atoms with Crippen molar-refractivity contribution in [3.8, 4) is 5.75 Å². The molecule has 6 heteroatoms. The third-order valence-electron chi connectivity index (χ3n) is 2.79. The molecular weight excluding hydrogens is 286 g/mol. The Morgan fingerprint density at radius 1 is 1.14 bits per heavy atom. The maximum absolute atomic E-state index is 11.8. The predicted molar refractivity (Wildman–Crippen MR) is 79.0 cm³/mol. The minimum absolute atomic E-state index is 0.0304. The van der Waals surface area contributed by atoms with Crippen molar-refractivity contribution in [3.05, 3.63) is 53.5 Å². The minimum atomic E-state index is -1.21. The predicted octanol–water partition coefficient (Wildman–Crippen LogP) is 2.70. The fraction of sp³-hybridized carbons (Fsp3) is 0.250. The van der Waals surface area contributed by atoms with Gasteiger partial charge in [-0.05, 0) is 43.7 Å². The Morgan fingerprint density at radius 3 is 2.32 bits per heavy atom. The van der Waals surface area contributed by atoms with E-state index in [0.717, 1.165) is 11.3 Å². The van der Waals surface area contributed by atoms with Gasteiger partial charge in [-0.1, -0.05) is 12.1 Å². The smallest absolute Gasteiger partial charge is 0.371 e. The number of carboxylic acid groups (broad SMARTS) is 1. The molecule has 22 heavy (non-hydrogen) atoms. The minimum Gasteiger partial charge on any atom is -0.491 e. The lowest BCUT2D eigenvalue weighted by Gasteiger charge is -2.10. The second kappa shape index (κ2) is 6.80. The molecule has 2 N–H and O–H groups in total. The van der Waals surface area contributed by atoms with E-state index in [1.54, 1.807) is 0 Å². The summed E-state index contributed by atoms with van der Waals surface area (Å²) in [7, 11) is 0. The van der Waals surface area contributed by atoms with Crippen molar-refractivity contribution in [2.75, 3.05) is 0 Å². The molecule has 1 amide bonds. The molecule has 0 radical (unpaired) electrons. The molecule has 2 aromatic rings. The van der Waals surface area contributed by atoms with Crippen LogP contribution in [0.15, 0.2) is 40.8 Å². The molecular formula is C16H17NO5. The number of carboxylic acids is 1. The molecule has 0 saturated carbocycles. The van der Waals surface area contributed by atoms with E-state index in [4.69, 9.17) is 14.3 Å². The standard InChI is InChI=1S/C16H17NO5/c1-10(2)21-12-5-3-11(4-6-12)9-17-15(18)13-7-8-14(22-13)16(19)20/h3-8,10H,9H2,1-2H3,(H,17,18)(H,19,20). The average molecular weight is 303 g/mol. The molecule has 0 aliphatic carbocycles. The molecule has 0 spiro atoms. The van der Waals surface area contributed by atoms with Crippen LogP contribution >= 0.6 is 0 Å². The fourth-order valence-corrected chi connectivity index (χ4v) is 1.80. The monoisotopic (exact) mass is 303 g/mol. The van der Waals surface area contributed by atoms with E-state index < -0.39 is 11.9 Å². The molecule has 0 aliphatic heterocycles. The van der Waals surface area contributed by atoms with Gasteiger partial charge in [0, 0.05) is 6.54 Å². The summed E-state index contributed by atoms with van der Waals surface area (Å²) >= 11 is 0. The first-order chi connectivity index (χ1) is 10.5. The van der Waals surface area contributed by atoms with E-state index in [-0.39, 0.29) is 17.6 Å². The van der Waals surface area contributed by atoms with E-state index in [1.807, 2.05) is 38.1 Å². The number of nitrogens with one attached hydrogen (secondary N) is 1. The summed E-state index contributed by atoms with van der Waals surface area (Å²) in [5.41, 5.74) is 0.898. The van der Waals surface area contributed by atoms with Gasteiger partial charge in [0.1, 0.15) is 5.75 Å². The maximum atomic E-state index is 11.8. The number of hydrogen-bond donors (Lipinski definition) is 2. The maximum Gasteiger partial charge on any atom is 0.371 e. The van der Waals surface area contributed by atoms with E-state index in [0.29, 0.717) is 6.54 Å². The molecule has 0 atom stereocenters. The Balaban J connectivity index is 1.91. The molecule has 2 rings (SSSR count). The number of aromatic carboxylic acids is 1. The van der Waals surface area contributed by atoms with Crippen molar-refractivity contribution in [2.24, 2.45) is 0 Å². The summed E-state index contributed by atoms with van der Waals surface area (Å²) < 4.78 is 10.5. The number of carbonyl (C=O) groups excluding carboxylic acids is 1. The van der Waals surface area contributed by atoms with Crippen LogP contribution in [0, 0.1) is 0 Å². The molecule has 0 saturated heterocycles. The van der Waals surface area contributed by atoms with E-state index >= 15 is 0 Å². The molecule has 1 aromatic carbocycles. The van der Waals surface area contributed by atoms with Gasteiger partial charge in [0.25, 0.3) is 5.91 Å². The van der Waals surface area contributed by atoms with Gasteiger partial charge in [-0.2, -0.15) is 0 Å². The number of hydrogen-bond acceptors (Lipinski definition) is 4. The molecule has 0 unspecified atom stereocenters. The van der Waals surface area contributed by atoms with Gasteiger partial charge < -0.3 is 19.6 Å². The third kappa shape index (κ3) is 4.12. The normalized spacial score (nSPS) is 10.5. The number of amides is 1. The second-order valence-electron chi connectivity index (χ2n) is 4.96. The lowest BCUT2D eigenvalue weighted by atomic mass is 10.2. The molecule has 0 aliphatic rings. The summed E-state index contributed by atoms with van der Waals surface area (Å²) in [5.74, 6) is -1.20. The molecule has 0 fully saturated rings. The summed E-state index contributed by atoms with van der Waals surface area (Å²) in [6.45, 7) is 4.20. The van der Waals surface area contributed by atoms with Crippen molar-refractivity contribution in [3.63, 3.8) is 0 Å². The van der Waals surface area contributed by atoms with Crippen LogP contribution in [0.5, 0.6) is 5.75 Å². The summed E-state index contributed by atoms with van der Waals surface area (Å²) in [4.78, 5) is 22.5. The highest BCUT2D eigenvalue weighted by molar-refractivity contribution is 5.93. The van der Waals surface area contributed by atoms with E-state index in [1.165, 1.54) is 12.1 Å². The molecule has 1 heterocycles. The zero-order valence-electron chi connectivity index (χ0n) is 12.3. The second-order valence-corrected chi connectivity index (χ2v) is 4.96. The van der Waals surface area contributed by atoms with Gasteiger partial charge in [-0.3, -0.25) is 4.79 Å². The highest BCUT2D eigenvalue weighted by Crippen LogP contribution is 2.14. The highest BCUT2D eigenvalue weighted by atomic mass is 16.5. The SMILES string of the molecule is CC(C)Oc1ccc(CNC(=O)c2ccc(C(=O)O)o2)cc1. The van der Waals surface area contributed by atoms with Crippen LogP contribution in [-0.4, -0.2) is 23.1 Å². The molecule has 116 valence electrons. The number of furan rings is 1. The van der Waals surface area contributed by atoms with Crippen LogP contribution < -0.4 is 10.1 Å². The zero-order chi connectivity index (χ0) is 16.1. The van der Waals surface area contributed by atoms with Crippen LogP contribution in [0.25, 0.3) is 0 Å². The Kier molecular flexibility index (Phi) is 4.83.